The zero-order valence-corrected chi connectivity index (χ0v) is 8.66. The molecule has 0 amide bonds. The van der Waals surface area contributed by atoms with E-state index >= 15 is 0 Å². The zero-order valence-electron chi connectivity index (χ0n) is 7.84. The van der Waals surface area contributed by atoms with Crippen LogP contribution >= 0.6 is 11.3 Å². The number of aromatic nitrogens is 1. The molecule has 0 saturated heterocycles. The molecule has 68 valence electrons. The van der Waals surface area contributed by atoms with Gasteiger partial charge >= 0.3 is 0 Å². The second-order valence-corrected chi connectivity index (χ2v) is 4.21. The van der Waals surface area contributed by atoms with Crippen LogP contribution in [0.1, 0.15) is 30.3 Å². The summed E-state index contributed by atoms with van der Waals surface area (Å²) < 4.78 is 0. The van der Waals surface area contributed by atoms with Crippen molar-refractivity contribution in [3.63, 3.8) is 0 Å². The van der Waals surface area contributed by atoms with Gasteiger partial charge in [-0.15, -0.1) is 0 Å². The summed E-state index contributed by atoms with van der Waals surface area (Å²) in [5.74, 6) is 0.468. The standard InChI is InChI=1S/C8H14N2OS/c1-5(2)7-6(3)9-8(12-7)10(4)11/h5,10H,1-4H3. The van der Waals surface area contributed by atoms with Crippen LogP contribution < -0.4 is 5.06 Å². The van der Waals surface area contributed by atoms with Crippen molar-refractivity contribution in [2.24, 2.45) is 0 Å². The number of nitrogens with one attached hydrogen (secondary N) is 1. The van der Waals surface area contributed by atoms with Gasteiger partial charge in [-0.05, 0) is 12.8 Å². The molecule has 1 atom stereocenters. The summed E-state index contributed by atoms with van der Waals surface area (Å²) in [5, 5.41) is 11.7. The van der Waals surface area contributed by atoms with Gasteiger partial charge in [-0.3, -0.25) is 0 Å². The Balaban J connectivity index is 3.00. The highest BCUT2D eigenvalue weighted by Crippen LogP contribution is 2.26. The van der Waals surface area contributed by atoms with Crippen LogP contribution in [-0.2, 0) is 0 Å². The van der Waals surface area contributed by atoms with Gasteiger partial charge in [0.2, 0.25) is 0 Å². The van der Waals surface area contributed by atoms with Crippen LogP contribution in [0.4, 0.5) is 5.13 Å². The van der Waals surface area contributed by atoms with Crippen LogP contribution in [-0.4, -0.2) is 12.0 Å². The van der Waals surface area contributed by atoms with Crippen molar-refractivity contribution in [1.82, 2.24) is 4.98 Å². The molecule has 0 saturated carbocycles. The second-order valence-electron chi connectivity index (χ2n) is 3.18. The monoisotopic (exact) mass is 186 g/mol. The third-order valence-corrected chi connectivity index (χ3v) is 3.22. The average Bonchev–Trinajstić information content (AvgIpc) is 2.30. The Bertz CT molecular complexity index is 268. The number of rotatable bonds is 2. The molecule has 0 radical (unpaired) electrons. The Kier molecular flexibility index (Phi) is 2.82. The molecule has 12 heavy (non-hydrogen) atoms. The van der Waals surface area contributed by atoms with Crippen molar-refractivity contribution in [1.29, 1.82) is 0 Å². The van der Waals surface area contributed by atoms with Crippen molar-refractivity contribution < 1.29 is 5.06 Å². The smallest absolute Gasteiger partial charge is 0.284 e. The largest absolute Gasteiger partial charge is 0.627 e. The van der Waals surface area contributed by atoms with Gasteiger partial charge in [-0.1, -0.05) is 25.2 Å². The summed E-state index contributed by atoms with van der Waals surface area (Å²) in [6.07, 6.45) is 0. The van der Waals surface area contributed by atoms with E-state index in [1.807, 2.05) is 6.92 Å². The highest BCUT2D eigenvalue weighted by Gasteiger charge is 2.12. The summed E-state index contributed by atoms with van der Waals surface area (Å²) in [6.45, 7) is 6.19. The quantitative estimate of drug-likeness (QED) is 0.705. The molecule has 0 aromatic carbocycles. The number of quaternary nitrogens is 1. The van der Waals surface area contributed by atoms with Gasteiger partial charge in [0.25, 0.3) is 5.13 Å². The molecule has 4 heteroatoms. The first-order valence-corrected chi connectivity index (χ1v) is 4.82. The summed E-state index contributed by atoms with van der Waals surface area (Å²) in [5.41, 5.74) is 1.00. The lowest BCUT2D eigenvalue weighted by Crippen LogP contribution is -2.98. The number of thiazole rings is 1. The lowest BCUT2D eigenvalue weighted by Gasteiger charge is -2.09. The van der Waals surface area contributed by atoms with Crippen molar-refractivity contribution in [3.8, 4) is 0 Å². The molecule has 0 aliphatic heterocycles. The molecular formula is C8H14N2OS. The van der Waals surface area contributed by atoms with Crippen molar-refractivity contribution in [2.45, 2.75) is 26.7 Å². The van der Waals surface area contributed by atoms with Crippen LogP contribution in [0, 0.1) is 12.1 Å². The second kappa shape index (κ2) is 3.51. The van der Waals surface area contributed by atoms with E-state index in [0.29, 0.717) is 11.0 Å². The average molecular weight is 186 g/mol. The SMILES string of the molecule is Cc1nc([NH+](C)[O-])sc1C(C)C. The number of nitrogens with zero attached hydrogens (tertiary/aromatic N) is 1. The van der Waals surface area contributed by atoms with E-state index in [2.05, 4.69) is 18.8 Å². The minimum Gasteiger partial charge on any atom is -0.627 e. The first-order chi connectivity index (χ1) is 5.52. The lowest BCUT2D eigenvalue weighted by molar-refractivity contribution is -0.751. The maximum atomic E-state index is 11.0. The molecule has 1 aromatic rings. The van der Waals surface area contributed by atoms with Gasteiger partial charge in [0, 0.05) is 4.88 Å². The molecule has 3 nitrogen and oxygen atoms in total. The van der Waals surface area contributed by atoms with Gasteiger partial charge in [-0.2, -0.15) is 4.98 Å². The Morgan fingerprint density at radius 3 is 2.33 bits per heavy atom. The maximum Gasteiger partial charge on any atom is 0.284 e. The zero-order chi connectivity index (χ0) is 9.30. The van der Waals surface area contributed by atoms with Crippen LogP contribution in [0.2, 0.25) is 0 Å². The number of hydrogen-bond donors (Lipinski definition) is 1. The Morgan fingerprint density at radius 1 is 1.50 bits per heavy atom. The van der Waals surface area contributed by atoms with Crippen molar-refractivity contribution >= 4 is 16.5 Å². The third-order valence-electron chi connectivity index (χ3n) is 1.66. The molecule has 1 N–H and O–H groups in total. The first-order valence-electron chi connectivity index (χ1n) is 4.00. The van der Waals surface area contributed by atoms with Gasteiger partial charge in [-0.25, -0.2) is 0 Å². The van der Waals surface area contributed by atoms with E-state index < -0.39 is 0 Å². The number of aryl methyl sites for hydroxylation is 1. The normalized spacial score (nSPS) is 13.8. The molecule has 0 bridgehead atoms. The summed E-state index contributed by atoms with van der Waals surface area (Å²) in [7, 11) is 1.56. The summed E-state index contributed by atoms with van der Waals surface area (Å²) >= 11 is 1.52. The predicted molar refractivity (Wildman–Crippen MR) is 50.9 cm³/mol. The fourth-order valence-electron chi connectivity index (χ4n) is 1.09. The first kappa shape index (κ1) is 9.64. The van der Waals surface area contributed by atoms with Gasteiger partial charge < -0.3 is 10.3 Å². The highest BCUT2D eigenvalue weighted by atomic mass is 32.1. The Labute approximate surface area is 76.6 Å². The minimum absolute atomic E-state index is 0.0648. The maximum absolute atomic E-state index is 11.0. The molecule has 1 heterocycles. The molecular weight excluding hydrogens is 172 g/mol. The van der Waals surface area contributed by atoms with Gasteiger partial charge in [0.1, 0.15) is 0 Å². The predicted octanol–water partition coefficient (Wildman–Crippen LogP) is 1.22. The van der Waals surface area contributed by atoms with Crippen molar-refractivity contribution in [2.75, 3.05) is 7.05 Å². The molecule has 0 aliphatic carbocycles. The molecule has 1 aromatic heterocycles. The van der Waals surface area contributed by atoms with Crippen LogP contribution in [0.3, 0.4) is 0 Å². The summed E-state index contributed by atoms with van der Waals surface area (Å²) in [6, 6.07) is 0. The van der Waals surface area contributed by atoms with E-state index in [1.165, 1.54) is 16.2 Å². The highest BCUT2D eigenvalue weighted by molar-refractivity contribution is 7.15. The van der Waals surface area contributed by atoms with Gasteiger partial charge in [0.15, 0.2) is 0 Å². The Morgan fingerprint density at radius 2 is 2.08 bits per heavy atom. The topological polar surface area (TPSA) is 40.4 Å². The molecule has 0 spiro atoms. The van der Waals surface area contributed by atoms with Gasteiger partial charge in [0.05, 0.1) is 12.7 Å². The fourth-order valence-corrected chi connectivity index (χ4v) is 2.06. The van der Waals surface area contributed by atoms with E-state index in [1.54, 1.807) is 7.05 Å². The minimum atomic E-state index is 0.0648. The van der Waals surface area contributed by atoms with E-state index in [-0.39, 0.29) is 5.06 Å². The van der Waals surface area contributed by atoms with Crippen LogP contribution in [0.25, 0.3) is 0 Å². The number of hydrogen-bond acceptors (Lipinski definition) is 3. The van der Waals surface area contributed by atoms with E-state index in [4.69, 9.17) is 0 Å². The molecule has 1 unspecified atom stereocenters. The van der Waals surface area contributed by atoms with Crippen LogP contribution in [0.5, 0.6) is 0 Å². The van der Waals surface area contributed by atoms with Crippen LogP contribution in [0.15, 0.2) is 0 Å². The molecule has 0 fully saturated rings. The fraction of sp³-hybridized carbons (Fsp3) is 0.625. The lowest BCUT2D eigenvalue weighted by atomic mass is 10.1. The van der Waals surface area contributed by atoms with E-state index in [0.717, 1.165) is 5.69 Å². The molecule has 0 aliphatic rings. The molecule has 1 rings (SSSR count). The van der Waals surface area contributed by atoms with Crippen molar-refractivity contribution in [3.05, 3.63) is 15.8 Å². The van der Waals surface area contributed by atoms with E-state index in [9.17, 15) is 5.21 Å². The third kappa shape index (κ3) is 1.83. The Hall–Kier alpha value is -0.450. The summed E-state index contributed by atoms with van der Waals surface area (Å²) in [4.78, 5) is 5.42. The number of hydroxylamine groups is 1.